The van der Waals surface area contributed by atoms with Gasteiger partial charge in [0.25, 0.3) is 0 Å². The molecule has 2 heterocycles. The minimum absolute atomic E-state index is 0.212. The van der Waals surface area contributed by atoms with Gasteiger partial charge in [-0.2, -0.15) is 0 Å². The molecule has 1 saturated heterocycles. The average Bonchev–Trinajstić information content (AvgIpc) is 3.34. The molecule has 1 aromatic heterocycles. The summed E-state index contributed by atoms with van der Waals surface area (Å²) in [6, 6.07) is 23.4. The van der Waals surface area contributed by atoms with E-state index < -0.39 is 0 Å². The molecule has 0 bridgehead atoms. The Hall–Kier alpha value is -3.65. The van der Waals surface area contributed by atoms with Gasteiger partial charge < -0.3 is 4.90 Å². The molecule has 0 N–H and O–H groups in total. The molecule has 4 aromatic rings. The van der Waals surface area contributed by atoms with E-state index in [4.69, 9.17) is 0 Å². The number of rotatable bonds is 7. The van der Waals surface area contributed by atoms with E-state index in [1.54, 1.807) is 18.2 Å². The topological polar surface area (TPSA) is 50.1 Å². The highest BCUT2D eigenvalue weighted by Gasteiger charge is 2.31. The van der Waals surface area contributed by atoms with E-state index >= 15 is 0 Å². The van der Waals surface area contributed by atoms with Gasteiger partial charge in [-0.1, -0.05) is 54.6 Å². The maximum Gasteiger partial charge on any atom is 0.173 e. The van der Waals surface area contributed by atoms with Crippen molar-refractivity contribution in [2.24, 2.45) is 0 Å². The summed E-state index contributed by atoms with van der Waals surface area (Å²) in [7, 11) is 0. The van der Waals surface area contributed by atoms with Gasteiger partial charge in [-0.25, -0.2) is 13.5 Å². The molecule has 6 nitrogen and oxygen atoms in total. The lowest BCUT2D eigenvalue weighted by Gasteiger charge is -2.40. The van der Waals surface area contributed by atoms with E-state index in [1.165, 1.54) is 23.8 Å². The van der Waals surface area contributed by atoms with Crippen molar-refractivity contribution in [3.8, 4) is 0 Å². The van der Waals surface area contributed by atoms with E-state index in [2.05, 4.69) is 37.5 Å². The first-order valence-electron chi connectivity index (χ1n) is 11.5. The summed E-state index contributed by atoms with van der Waals surface area (Å²) >= 11 is 0. The van der Waals surface area contributed by atoms with E-state index in [9.17, 15) is 8.78 Å². The minimum Gasteiger partial charge on any atom is -0.367 e. The van der Waals surface area contributed by atoms with Gasteiger partial charge in [0.15, 0.2) is 5.82 Å². The first kappa shape index (κ1) is 22.2. The molecule has 0 aliphatic carbocycles. The molecule has 5 rings (SSSR count). The number of anilines is 1. The molecule has 0 saturated carbocycles. The van der Waals surface area contributed by atoms with Crippen LogP contribution in [0.15, 0.2) is 78.9 Å². The van der Waals surface area contributed by atoms with Crippen molar-refractivity contribution in [3.05, 3.63) is 107 Å². The maximum absolute atomic E-state index is 14.3. The molecule has 174 valence electrons. The lowest BCUT2D eigenvalue weighted by Crippen LogP contribution is -2.48. The minimum atomic E-state index is -0.282. The van der Waals surface area contributed by atoms with Crippen LogP contribution in [0, 0.1) is 11.6 Å². The fourth-order valence-corrected chi connectivity index (χ4v) is 4.54. The standard InChI is InChI=1S/C26H26F2N6/c27-22-12-10-21(11-13-22)25(26-29-30-31-34(26)15-14-20-6-2-1-3-7-20)33-18-16-32(17-19-33)24-9-5-4-8-23(24)28/h1-13,25H,14-19H2. The quantitative estimate of drug-likeness (QED) is 0.416. The molecule has 0 amide bonds. The molecular weight excluding hydrogens is 434 g/mol. The Morgan fingerprint density at radius 2 is 1.50 bits per heavy atom. The van der Waals surface area contributed by atoms with Gasteiger partial charge in [0.1, 0.15) is 11.6 Å². The van der Waals surface area contributed by atoms with Crippen molar-refractivity contribution in [1.29, 1.82) is 0 Å². The van der Waals surface area contributed by atoms with Crippen LogP contribution in [0.4, 0.5) is 14.5 Å². The Morgan fingerprint density at radius 1 is 0.794 bits per heavy atom. The van der Waals surface area contributed by atoms with Crippen LogP contribution in [0.3, 0.4) is 0 Å². The Bertz CT molecular complexity index is 1200. The second-order valence-electron chi connectivity index (χ2n) is 8.42. The van der Waals surface area contributed by atoms with E-state index in [0.29, 0.717) is 38.4 Å². The number of aryl methyl sites for hydroxylation is 2. The highest BCUT2D eigenvalue weighted by atomic mass is 19.1. The van der Waals surface area contributed by atoms with Crippen molar-refractivity contribution in [1.82, 2.24) is 25.1 Å². The van der Waals surface area contributed by atoms with Gasteiger partial charge in [0.05, 0.1) is 11.7 Å². The van der Waals surface area contributed by atoms with E-state index in [-0.39, 0.29) is 17.7 Å². The van der Waals surface area contributed by atoms with Crippen molar-refractivity contribution in [3.63, 3.8) is 0 Å². The third kappa shape index (κ3) is 4.82. The summed E-state index contributed by atoms with van der Waals surface area (Å²) in [4.78, 5) is 4.35. The van der Waals surface area contributed by atoms with Gasteiger partial charge >= 0.3 is 0 Å². The third-order valence-corrected chi connectivity index (χ3v) is 6.32. The highest BCUT2D eigenvalue weighted by Crippen LogP contribution is 2.30. The van der Waals surface area contributed by atoms with E-state index in [1.807, 2.05) is 35.0 Å². The number of nitrogens with zero attached hydrogens (tertiary/aromatic N) is 6. The molecule has 1 fully saturated rings. The van der Waals surface area contributed by atoms with Gasteiger partial charge in [-0.3, -0.25) is 4.90 Å². The largest absolute Gasteiger partial charge is 0.367 e. The SMILES string of the molecule is Fc1ccc(C(c2nnnn2CCc2ccccc2)N2CCN(c3ccccc3F)CC2)cc1. The lowest BCUT2D eigenvalue weighted by atomic mass is 10.0. The maximum atomic E-state index is 14.3. The van der Waals surface area contributed by atoms with Gasteiger partial charge in [0, 0.05) is 32.7 Å². The molecule has 0 spiro atoms. The summed E-state index contributed by atoms with van der Waals surface area (Å²) in [5.74, 6) is 0.230. The van der Waals surface area contributed by atoms with Gasteiger partial charge in [0.2, 0.25) is 0 Å². The van der Waals surface area contributed by atoms with E-state index in [0.717, 1.165) is 17.8 Å². The van der Waals surface area contributed by atoms with Crippen LogP contribution in [0.25, 0.3) is 0 Å². The summed E-state index contributed by atoms with van der Waals surface area (Å²) < 4.78 is 29.8. The zero-order valence-electron chi connectivity index (χ0n) is 18.8. The molecule has 8 heteroatoms. The normalized spacial score (nSPS) is 15.4. The van der Waals surface area contributed by atoms with Crippen LogP contribution >= 0.6 is 0 Å². The zero-order chi connectivity index (χ0) is 23.3. The Labute approximate surface area is 197 Å². The van der Waals surface area contributed by atoms with Crippen molar-refractivity contribution in [2.75, 3.05) is 31.1 Å². The van der Waals surface area contributed by atoms with Crippen LogP contribution in [0.2, 0.25) is 0 Å². The van der Waals surface area contributed by atoms with Crippen molar-refractivity contribution >= 4 is 5.69 Å². The van der Waals surface area contributed by atoms with Crippen LogP contribution in [0.1, 0.15) is 23.0 Å². The lowest BCUT2D eigenvalue weighted by molar-refractivity contribution is 0.200. The Kier molecular flexibility index (Phi) is 6.58. The van der Waals surface area contributed by atoms with Crippen molar-refractivity contribution < 1.29 is 8.78 Å². The smallest absolute Gasteiger partial charge is 0.173 e. The monoisotopic (exact) mass is 460 g/mol. The second-order valence-corrected chi connectivity index (χ2v) is 8.42. The van der Waals surface area contributed by atoms with Crippen LogP contribution in [-0.2, 0) is 13.0 Å². The number of hydrogen-bond donors (Lipinski definition) is 0. The predicted octanol–water partition coefficient (Wildman–Crippen LogP) is 4.11. The molecule has 34 heavy (non-hydrogen) atoms. The predicted molar refractivity (Wildman–Crippen MR) is 126 cm³/mol. The molecule has 1 aliphatic heterocycles. The summed E-state index contributed by atoms with van der Waals surface area (Å²) in [5, 5.41) is 12.6. The number of piperazine rings is 1. The van der Waals surface area contributed by atoms with Gasteiger partial charge in [-0.05, 0) is 52.2 Å². The summed E-state index contributed by atoms with van der Waals surface area (Å²) in [5.41, 5.74) is 2.76. The third-order valence-electron chi connectivity index (χ3n) is 6.32. The fourth-order valence-electron chi connectivity index (χ4n) is 4.54. The number of benzene rings is 3. The number of para-hydroxylation sites is 1. The zero-order valence-corrected chi connectivity index (χ0v) is 18.8. The summed E-state index contributed by atoms with van der Waals surface area (Å²) in [6.07, 6.45) is 0.802. The molecule has 0 radical (unpaired) electrons. The van der Waals surface area contributed by atoms with Crippen LogP contribution in [-0.4, -0.2) is 51.3 Å². The summed E-state index contributed by atoms with van der Waals surface area (Å²) in [6.45, 7) is 3.37. The first-order valence-corrected chi connectivity index (χ1v) is 11.5. The number of aromatic nitrogens is 4. The number of hydrogen-bond acceptors (Lipinski definition) is 5. The van der Waals surface area contributed by atoms with Gasteiger partial charge in [-0.15, -0.1) is 5.10 Å². The molecule has 1 atom stereocenters. The average molecular weight is 461 g/mol. The highest BCUT2D eigenvalue weighted by molar-refractivity contribution is 5.48. The first-order chi connectivity index (χ1) is 16.7. The Balaban J connectivity index is 1.39. The molecule has 3 aromatic carbocycles. The number of tetrazole rings is 1. The molecule has 1 unspecified atom stereocenters. The second kappa shape index (κ2) is 10.1. The molecule has 1 aliphatic rings. The van der Waals surface area contributed by atoms with Crippen molar-refractivity contribution in [2.45, 2.75) is 19.0 Å². The molecular formula is C26H26F2N6. The fraction of sp³-hybridized carbons (Fsp3) is 0.269. The van der Waals surface area contributed by atoms with Crippen LogP contribution in [0.5, 0.6) is 0 Å². The number of halogens is 2. The van der Waals surface area contributed by atoms with Crippen LogP contribution < -0.4 is 4.90 Å². The Morgan fingerprint density at radius 3 is 2.24 bits per heavy atom.